The first-order chi connectivity index (χ1) is 11.2. The average Bonchev–Trinajstić information content (AvgIpc) is 3.12. The zero-order valence-corrected chi connectivity index (χ0v) is 13.2. The maximum absolute atomic E-state index is 12.6. The third kappa shape index (κ3) is 2.35. The fraction of sp³-hybridized carbons (Fsp3) is 0.562. The number of H-pyrrole nitrogens is 1. The molecule has 0 radical (unpaired) electrons. The van der Waals surface area contributed by atoms with E-state index in [2.05, 4.69) is 10.1 Å². The van der Waals surface area contributed by atoms with E-state index in [1.165, 1.54) is 4.52 Å². The molecule has 122 valence electrons. The average molecular weight is 316 g/mol. The lowest BCUT2D eigenvalue weighted by molar-refractivity contribution is 0.0467. The van der Waals surface area contributed by atoms with Crippen molar-refractivity contribution in [3.8, 4) is 0 Å². The normalized spacial score (nSPS) is 18.8. The van der Waals surface area contributed by atoms with E-state index < -0.39 is 0 Å². The summed E-state index contributed by atoms with van der Waals surface area (Å²) in [7, 11) is 0. The number of ether oxygens (including phenoxy) is 1. The second kappa shape index (κ2) is 5.49. The van der Waals surface area contributed by atoms with Crippen molar-refractivity contribution in [2.75, 3.05) is 19.8 Å². The Bertz CT molecular complexity index is 817. The van der Waals surface area contributed by atoms with E-state index in [1.807, 2.05) is 13.0 Å². The van der Waals surface area contributed by atoms with Gasteiger partial charge in [-0.1, -0.05) is 6.92 Å². The van der Waals surface area contributed by atoms with Crippen LogP contribution in [-0.4, -0.2) is 45.2 Å². The predicted octanol–water partition coefficient (Wildman–Crippen LogP) is 0.967. The minimum absolute atomic E-state index is 0.120. The molecule has 0 spiro atoms. The summed E-state index contributed by atoms with van der Waals surface area (Å²) in [6.07, 6.45) is 2.72. The van der Waals surface area contributed by atoms with Gasteiger partial charge in [-0.2, -0.15) is 0 Å². The number of hydrogen-bond acceptors (Lipinski definition) is 4. The number of fused-ring (bicyclic) bond motifs is 2. The van der Waals surface area contributed by atoms with Gasteiger partial charge in [0, 0.05) is 31.5 Å². The molecule has 2 aromatic rings. The molecule has 4 heterocycles. The van der Waals surface area contributed by atoms with Crippen LogP contribution in [0.25, 0.3) is 5.65 Å². The summed E-state index contributed by atoms with van der Waals surface area (Å²) in [5.74, 6) is 0.326. The number of aromatic amines is 1. The lowest BCUT2D eigenvalue weighted by Crippen LogP contribution is -2.33. The fourth-order valence-corrected chi connectivity index (χ4v) is 3.41. The predicted molar refractivity (Wildman–Crippen MR) is 83.5 cm³/mol. The summed E-state index contributed by atoms with van der Waals surface area (Å²) >= 11 is 0. The highest BCUT2D eigenvalue weighted by Crippen LogP contribution is 2.23. The summed E-state index contributed by atoms with van der Waals surface area (Å²) < 4.78 is 6.81. The van der Waals surface area contributed by atoms with Crippen molar-refractivity contribution < 1.29 is 9.53 Å². The van der Waals surface area contributed by atoms with Crippen LogP contribution in [0.5, 0.6) is 0 Å². The van der Waals surface area contributed by atoms with E-state index >= 15 is 0 Å². The van der Waals surface area contributed by atoms with Gasteiger partial charge in [0.1, 0.15) is 5.69 Å². The first-order valence-electron chi connectivity index (χ1n) is 8.18. The molecule has 1 amide bonds. The molecule has 2 aromatic heterocycles. The fourth-order valence-electron chi connectivity index (χ4n) is 3.41. The maximum atomic E-state index is 12.6. The molecule has 1 saturated heterocycles. The lowest BCUT2D eigenvalue weighted by atomic mass is 10.00. The molecule has 0 unspecified atom stereocenters. The van der Waals surface area contributed by atoms with Crippen LogP contribution in [0, 0.1) is 5.92 Å². The molecule has 2 aliphatic rings. The van der Waals surface area contributed by atoms with Gasteiger partial charge in [0.2, 0.25) is 0 Å². The molecule has 7 heteroatoms. The topological polar surface area (TPSA) is 79.7 Å². The number of carbonyl (C=O) groups excluding carboxylic acids is 1. The van der Waals surface area contributed by atoms with Gasteiger partial charge in [0.05, 0.1) is 12.1 Å². The van der Waals surface area contributed by atoms with Gasteiger partial charge in [0.15, 0.2) is 5.65 Å². The maximum Gasteiger partial charge on any atom is 0.278 e. The summed E-state index contributed by atoms with van der Waals surface area (Å²) in [5, 5.41) is 3.05. The van der Waals surface area contributed by atoms with Gasteiger partial charge < -0.3 is 9.64 Å². The number of nitrogens with one attached hydrogen (secondary N) is 1. The largest absolute Gasteiger partial charge is 0.381 e. The smallest absolute Gasteiger partial charge is 0.278 e. The first-order valence-corrected chi connectivity index (χ1v) is 8.18. The van der Waals surface area contributed by atoms with Gasteiger partial charge in [-0.25, -0.2) is 9.50 Å². The minimum Gasteiger partial charge on any atom is -0.381 e. The standard InChI is InChI=1S/C16H20N4O3/c1-2-11-7-13-17-14-12(15(21)20(13)18-11)9-19(16(14)22)8-10-3-5-23-6-4-10/h7,10,18H,2-6,8-9H2,1H3. The second-order valence-corrected chi connectivity index (χ2v) is 6.31. The quantitative estimate of drug-likeness (QED) is 0.915. The number of hydrogen-bond donors (Lipinski definition) is 1. The third-order valence-electron chi connectivity index (χ3n) is 4.80. The zero-order valence-electron chi connectivity index (χ0n) is 13.2. The Kier molecular flexibility index (Phi) is 3.45. The Morgan fingerprint density at radius 1 is 1.35 bits per heavy atom. The van der Waals surface area contributed by atoms with E-state index in [0.29, 0.717) is 35.9 Å². The molecular formula is C16H20N4O3. The van der Waals surface area contributed by atoms with Crippen molar-refractivity contribution in [3.63, 3.8) is 0 Å². The molecule has 2 aliphatic heterocycles. The number of rotatable bonds is 3. The molecule has 0 bridgehead atoms. The summed E-state index contributed by atoms with van der Waals surface area (Å²) in [5.41, 5.74) is 2.12. The van der Waals surface area contributed by atoms with Crippen molar-refractivity contribution in [3.05, 3.63) is 33.4 Å². The van der Waals surface area contributed by atoms with Crippen LogP contribution in [0.3, 0.4) is 0 Å². The van der Waals surface area contributed by atoms with Crippen LogP contribution >= 0.6 is 0 Å². The van der Waals surface area contributed by atoms with Crippen LogP contribution in [0.4, 0.5) is 0 Å². The zero-order chi connectivity index (χ0) is 16.0. The van der Waals surface area contributed by atoms with Crippen LogP contribution < -0.4 is 5.56 Å². The number of carbonyl (C=O) groups is 1. The van der Waals surface area contributed by atoms with E-state index in [-0.39, 0.29) is 11.5 Å². The van der Waals surface area contributed by atoms with Crippen molar-refractivity contribution in [2.45, 2.75) is 32.7 Å². The number of aromatic nitrogens is 3. The monoisotopic (exact) mass is 316 g/mol. The number of nitrogens with zero attached hydrogens (tertiary/aromatic N) is 3. The van der Waals surface area contributed by atoms with Gasteiger partial charge in [-0.05, 0) is 25.2 Å². The Balaban J connectivity index is 1.65. The first kappa shape index (κ1) is 14.4. The van der Waals surface area contributed by atoms with Crippen LogP contribution in [0.15, 0.2) is 10.9 Å². The highest BCUT2D eigenvalue weighted by Gasteiger charge is 2.34. The second-order valence-electron chi connectivity index (χ2n) is 6.31. The van der Waals surface area contributed by atoms with Crippen molar-refractivity contribution in [1.29, 1.82) is 0 Å². The Morgan fingerprint density at radius 2 is 2.13 bits per heavy atom. The third-order valence-corrected chi connectivity index (χ3v) is 4.80. The van der Waals surface area contributed by atoms with Gasteiger partial charge >= 0.3 is 0 Å². The molecular weight excluding hydrogens is 296 g/mol. The minimum atomic E-state index is -0.160. The number of aryl methyl sites for hydroxylation is 1. The number of amides is 1. The molecule has 4 rings (SSSR count). The molecule has 0 aromatic carbocycles. The molecule has 0 aliphatic carbocycles. The summed E-state index contributed by atoms with van der Waals surface area (Å²) in [6, 6.07) is 1.83. The molecule has 0 saturated carbocycles. The Morgan fingerprint density at radius 3 is 2.87 bits per heavy atom. The van der Waals surface area contributed by atoms with E-state index in [9.17, 15) is 9.59 Å². The van der Waals surface area contributed by atoms with Gasteiger partial charge in [-0.15, -0.1) is 0 Å². The van der Waals surface area contributed by atoms with E-state index in [4.69, 9.17) is 4.74 Å². The summed E-state index contributed by atoms with van der Waals surface area (Å²) in [4.78, 5) is 31.4. The van der Waals surface area contributed by atoms with Crippen molar-refractivity contribution in [2.24, 2.45) is 5.92 Å². The highest BCUT2D eigenvalue weighted by atomic mass is 16.5. The van der Waals surface area contributed by atoms with Crippen LogP contribution in [-0.2, 0) is 17.7 Å². The lowest BCUT2D eigenvalue weighted by Gasteiger charge is -2.26. The van der Waals surface area contributed by atoms with Crippen molar-refractivity contribution in [1.82, 2.24) is 19.5 Å². The highest BCUT2D eigenvalue weighted by molar-refractivity contribution is 5.96. The van der Waals surface area contributed by atoms with E-state index in [0.717, 1.165) is 38.2 Å². The molecule has 23 heavy (non-hydrogen) atoms. The Hall–Kier alpha value is -2.15. The summed E-state index contributed by atoms with van der Waals surface area (Å²) in [6.45, 7) is 4.55. The molecule has 1 fully saturated rings. The van der Waals surface area contributed by atoms with Crippen LogP contribution in [0.1, 0.15) is 41.5 Å². The van der Waals surface area contributed by atoms with Crippen molar-refractivity contribution >= 4 is 11.6 Å². The molecule has 0 atom stereocenters. The SMILES string of the molecule is CCc1cc2nc3c(c(=O)n2[nH]1)CN(CC1CCOCC1)C3=O. The van der Waals surface area contributed by atoms with Gasteiger partial charge in [-0.3, -0.25) is 14.7 Å². The van der Waals surface area contributed by atoms with E-state index in [1.54, 1.807) is 4.90 Å². The van der Waals surface area contributed by atoms with Gasteiger partial charge in [0.25, 0.3) is 11.5 Å². The molecule has 1 N–H and O–H groups in total. The molecule has 7 nitrogen and oxygen atoms in total. The van der Waals surface area contributed by atoms with Crippen LogP contribution in [0.2, 0.25) is 0 Å². The Labute approximate surface area is 133 Å².